The van der Waals surface area contributed by atoms with Gasteiger partial charge in [0.25, 0.3) is 5.91 Å². The van der Waals surface area contributed by atoms with Gasteiger partial charge in [0.2, 0.25) is 5.89 Å². The normalized spacial score (nSPS) is 16.0. The zero-order valence-electron chi connectivity index (χ0n) is 18.5. The summed E-state index contributed by atoms with van der Waals surface area (Å²) >= 11 is 0. The maximum Gasteiger partial charge on any atom is 0.254 e. The van der Waals surface area contributed by atoms with Crippen molar-refractivity contribution in [3.63, 3.8) is 0 Å². The van der Waals surface area contributed by atoms with Crippen molar-refractivity contribution < 1.29 is 9.21 Å². The number of carbonyl (C=O) groups is 1. The number of aryl methyl sites for hydroxylation is 1. The third kappa shape index (κ3) is 4.05. The van der Waals surface area contributed by atoms with Crippen LogP contribution in [0.1, 0.15) is 60.5 Å². The molecular weight excluding hydrogens is 396 g/mol. The molecule has 0 aliphatic carbocycles. The highest BCUT2D eigenvalue weighted by molar-refractivity contribution is 5.94. The molecule has 0 spiro atoms. The lowest BCUT2D eigenvalue weighted by atomic mass is 10.1. The van der Waals surface area contributed by atoms with E-state index in [9.17, 15) is 4.79 Å². The van der Waals surface area contributed by atoms with Gasteiger partial charge < -0.3 is 9.32 Å². The van der Waals surface area contributed by atoms with Crippen LogP contribution in [0.25, 0.3) is 22.2 Å². The molecule has 1 saturated heterocycles. The van der Waals surface area contributed by atoms with Gasteiger partial charge in [-0.3, -0.25) is 4.79 Å². The van der Waals surface area contributed by atoms with Crippen LogP contribution in [-0.4, -0.2) is 22.3 Å². The molecule has 1 atom stereocenters. The summed E-state index contributed by atoms with van der Waals surface area (Å²) in [5, 5.41) is 0. The Morgan fingerprint density at radius 3 is 2.62 bits per heavy atom. The van der Waals surface area contributed by atoms with E-state index in [0.717, 1.165) is 53.6 Å². The first-order chi connectivity index (χ1) is 15.7. The molecule has 1 unspecified atom stereocenters. The van der Waals surface area contributed by atoms with Gasteiger partial charge in [-0.1, -0.05) is 61.9 Å². The van der Waals surface area contributed by atoms with Crippen molar-refractivity contribution in [2.45, 2.75) is 45.1 Å². The lowest BCUT2D eigenvalue weighted by molar-refractivity contribution is 0.0717. The van der Waals surface area contributed by atoms with Crippen LogP contribution in [0, 0.1) is 0 Å². The number of unbranched alkanes of at least 4 members (excludes halogenated alkanes) is 1. The van der Waals surface area contributed by atoms with Gasteiger partial charge in [0.15, 0.2) is 5.58 Å². The van der Waals surface area contributed by atoms with Gasteiger partial charge >= 0.3 is 0 Å². The average molecular weight is 425 g/mol. The molecule has 4 aromatic rings. The first-order valence-electron chi connectivity index (χ1n) is 11.6. The molecule has 0 N–H and O–H groups in total. The Hall–Kier alpha value is -3.40. The molecule has 1 aliphatic heterocycles. The summed E-state index contributed by atoms with van der Waals surface area (Å²) in [4.78, 5) is 20.0. The number of nitrogens with zero attached hydrogens (tertiary/aromatic N) is 2. The summed E-state index contributed by atoms with van der Waals surface area (Å²) in [6.07, 6.45) is 5.24. The van der Waals surface area contributed by atoms with E-state index in [1.54, 1.807) is 0 Å². The van der Waals surface area contributed by atoms with Gasteiger partial charge in [0.1, 0.15) is 11.6 Å². The largest absolute Gasteiger partial charge is 0.438 e. The van der Waals surface area contributed by atoms with Crippen LogP contribution >= 0.6 is 0 Å². The maximum absolute atomic E-state index is 13.3. The third-order valence-electron chi connectivity index (χ3n) is 6.33. The Kier molecular flexibility index (Phi) is 5.76. The number of oxazole rings is 1. The standard InChI is InChI=1S/C28H28N2O2/c1-2-3-8-20-12-14-22(15-13-20)28(31)30-18-7-11-25(30)27-29-24-19-23(16-17-26(24)32-27)21-9-5-4-6-10-21/h4-6,9-10,12-17,19,25H,2-3,7-8,11,18H2,1H3. The second kappa shape index (κ2) is 8.99. The van der Waals surface area contributed by atoms with E-state index in [2.05, 4.69) is 43.3 Å². The molecule has 0 saturated carbocycles. The van der Waals surface area contributed by atoms with Gasteiger partial charge in [-0.05, 0) is 66.6 Å². The lowest BCUT2D eigenvalue weighted by Crippen LogP contribution is -2.30. The molecule has 4 nitrogen and oxygen atoms in total. The molecule has 5 rings (SSSR count). The summed E-state index contributed by atoms with van der Waals surface area (Å²) in [6, 6.07) is 24.3. The van der Waals surface area contributed by atoms with Gasteiger partial charge in [-0.2, -0.15) is 0 Å². The molecule has 2 heterocycles. The van der Waals surface area contributed by atoms with Gasteiger partial charge in [0, 0.05) is 12.1 Å². The molecule has 4 heteroatoms. The fraction of sp³-hybridized carbons (Fsp3) is 0.286. The van der Waals surface area contributed by atoms with Crippen LogP contribution in [-0.2, 0) is 6.42 Å². The minimum Gasteiger partial charge on any atom is -0.438 e. The number of likely N-dealkylation sites (tertiary alicyclic amines) is 1. The Bertz CT molecular complexity index is 1210. The monoisotopic (exact) mass is 424 g/mol. The predicted molar refractivity (Wildman–Crippen MR) is 128 cm³/mol. The second-order valence-corrected chi connectivity index (χ2v) is 8.56. The topological polar surface area (TPSA) is 46.3 Å². The Balaban J connectivity index is 1.38. The van der Waals surface area contributed by atoms with Crippen molar-refractivity contribution in [1.29, 1.82) is 0 Å². The number of amides is 1. The Morgan fingerprint density at radius 1 is 1.03 bits per heavy atom. The van der Waals surface area contributed by atoms with Crippen LogP contribution < -0.4 is 0 Å². The number of fused-ring (bicyclic) bond motifs is 1. The highest BCUT2D eigenvalue weighted by Gasteiger charge is 2.34. The van der Waals surface area contributed by atoms with Crippen molar-refractivity contribution in [3.8, 4) is 11.1 Å². The summed E-state index contributed by atoms with van der Waals surface area (Å²) in [5.74, 6) is 0.692. The number of benzene rings is 3. The molecule has 0 bridgehead atoms. The molecule has 162 valence electrons. The van der Waals surface area contributed by atoms with Gasteiger partial charge in [-0.15, -0.1) is 0 Å². The number of rotatable bonds is 6. The average Bonchev–Trinajstić information content (AvgIpc) is 3.49. The zero-order valence-corrected chi connectivity index (χ0v) is 18.5. The first-order valence-corrected chi connectivity index (χ1v) is 11.6. The number of carbonyl (C=O) groups excluding carboxylic acids is 1. The fourth-order valence-corrected chi connectivity index (χ4v) is 4.53. The summed E-state index contributed by atoms with van der Waals surface area (Å²) in [6.45, 7) is 2.93. The minimum atomic E-state index is -0.116. The zero-order chi connectivity index (χ0) is 21.9. The number of aromatic nitrogens is 1. The minimum absolute atomic E-state index is 0.0572. The molecule has 1 amide bonds. The fourth-order valence-electron chi connectivity index (χ4n) is 4.53. The quantitative estimate of drug-likeness (QED) is 0.341. The summed E-state index contributed by atoms with van der Waals surface area (Å²) in [7, 11) is 0. The molecule has 1 aromatic heterocycles. The van der Waals surface area contributed by atoms with Crippen molar-refractivity contribution in [1.82, 2.24) is 9.88 Å². The SMILES string of the molecule is CCCCc1ccc(C(=O)N2CCCC2c2nc3cc(-c4ccccc4)ccc3o2)cc1. The van der Waals surface area contributed by atoms with Crippen molar-refractivity contribution >= 4 is 17.0 Å². The number of hydrogen-bond donors (Lipinski definition) is 0. The van der Waals surface area contributed by atoms with Crippen molar-refractivity contribution in [2.24, 2.45) is 0 Å². The van der Waals surface area contributed by atoms with E-state index < -0.39 is 0 Å². The molecule has 32 heavy (non-hydrogen) atoms. The van der Waals surface area contributed by atoms with Crippen LogP contribution in [0.5, 0.6) is 0 Å². The molecule has 1 aliphatic rings. The van der Waals surface area contributed by atoms with Crippen LogP contribution in [0.4, 0.5) is 0 Å². The van der Waals surface area contributed by atoms with Crippen LogP contribution in [0.2, 0.25) is 0 Å². The smallest absolute Gasteiger partial charge is 0.254 e. The van der Waals surface area contributed by atoms with Crippen molar-refractivity contribution in [2.75, 3.05) is 6.54 Å². The van der Waals surface area contributed by atoms with Crippen LogP contribution in [0.3, 0.4) is 0 Å². The van der Waals surface area contributed by atoms with Crippen LogP contribution in [0.15, 0.2) is 77.2 Å². The molecule has 1 fully saturated rings. The van der Waals surface area contributed by atoms with Crippen molar-refractivity contribution in [3.05, 3.63) is 89.8 Å². The van der Waals surface area contributed by atoms with Gasteiger partial charge in [0.05, 0.1) is 0 Å². The Labute approximate surface area is 188 Å². The van der Waals surface area contributed by atoms with E-state index >= 15 is 0 Å². The lowest BCUT2D eigenvalue weighted by Gasteiger charge is -2.22. The van der Waals surface area contributed by atoms with E-state index in [0.29, 0.717) is 5.89 Å². The maximum atomic E-state index is 13.3. The molecule has 0 radical (unpaired) electrons. The van der Waals surface area contributed by atoms with E-state index in [1.165, 1.54) is 18.4 Å². The van der Waals surface area contributed by atoms with E-state index in [1.807, 2.05) is 41.3 Å². The van der Waals surface area contributed by atoms with E-state index in [4.69, 9.17) is 9.40 Å². The summed E-state index contributed by atoms with van der Waals surface area (Å²) < 4.78 is 6.12. The first kappa shape index (κ1) is 20.5. The summed E-state index contributed by atoms with van der Waals surface area (Å²) in [5.41, 5.74) is 5.88. The molecular formula is C28H28N2O2. The highest BCUT2D eigenvalue weighted by Crippen LogP contribution is 2.35. The molecule has 3 aromatic carbocycles. The second-order valence-electron chi connectivity index (χ2n) is 8.56. The van der Waals surface area contributed by atoms with E-state index in [-0.39, 0.29) is 11.9 Å². The third-order valence-corrected chi connectivity index (χ3v) is 6.33. The highest BCUT2D eigenvalue weighted by atomic mass is 16.3. The Morgan fingerprint density at radius 2 is 1.84 bits per heavy atom. The van der Waals surface area contributed by atoms with Gasteiger partial charge in [-0.25, -0.2) is 4.98 Å². The predicted octanol–water partition coefficient (Wildman–Crippen LogP) is 6.81. The number of hydrogen-bond acceptors (Lipinski definition) is 3.